The van der Waals surface area contributed by atoms with Crippen LogP contribution in [-0.4, -0.2) is 70.7 Å². The van der Waals surface area contributed by atoms with Crippen molar-refractivity contribution in [2.45, 2.75) is 42.8 Å². The Balaban J connectivity index is 1.23. The Kier molecular flexibility index (Phi) is 10.2. The van der Waals surface area contributed by atoms with Gasteiger partial charge in [-0.15, -0.1) is 0 Å². The van der Waals surface area contributed by atoms with Crippen LogP contribution in [-0.2, 0) is 30.6 Å². The summed E-state index contributed by atoms with van der Waals surface area (Å²) in [6.45, 7) is 1.96. The number of hydrogen-bond donors (Lipinski definition) is 1. The number of ether oxygens (including phenoxy) is 1. The van der Waals surface area contributed by atoms with Crippen molar-refractivity contribution in [2.75, 3.05) is 39.3 Å². The number of nitrogens with one attached hydrogen (secondary N) is 1. The van der Waals surface area contributed by atoms with E-state index in [-0.39, 0.29) is 41.3 Å². The molecule has 0 saturated carbocycles. The minimum Gasteiger partial charge on any atom is -0.492 e. The van der Waals surface area contributed by atoms with Gasteiger partial charge < -0.3 is 10.1 Å². The van der Waals surface area contributed by atoms with Crippen LogP contribution in [0.2, 0.25) is 10.0 Å². The Morgan fingerprint density at radius 1 is 0.923 bits per heavy atom. The first-order valence-corrected chi connectivity index (χ1v) is 16.8. The van der Waals surface area contributed by atoms with Crippen LogP contribution in [0.3, 0.4) is 0 Å². The summed E-state index contributed by atoms with van der Waals surface area (Å²) >= 11 is 12.1. The Labute approximate surface area is 240 Å². The van der Waals surface area contributed by atoms with Crippen molar-refractivity contribution in [3.05, 3.63) is 58.1 Å². The zero-order valence-electron chi connectivity index (χ0n) is 21.5. The second-order valence-corrected chi connectivity index (χ2v) is 14.5. The first-order chi connectivity index (χ1) is 18.6. The van der Waals surface area contributed by atoms with E-state index in [9.17, 15) is 21.6 Å². The molecule has 2 heterocycles. The molecule has 1 N–H and O–H groups in total. The lowest BCUT2D eigenvalue weighted by atomic mass is 9.99. The van der Waals surface area contributed by atoms with Crippen LogP contribution in [0.1, 0.15) is 37.7 Å². The summed E-state index contributed by atoms with van der Waals surface area (Å²) in [6, 6.07) is 11.0. The van der Waals surface area contributed by atoms with Crippen LogP contribution in [0.25, 0.3) is 0 Å². The molecule has 0 radical (unpaired) electrons. The molecule has 2 aromatic carbocycles. The van der Waals surface area contributed by atoms with Gasteiger partial charge in [-0.05, 0) is 67.6 Å². The molecule has 4 rings (SSSR count). The number of sulfonamides is 2. The summed E-state index contributed by atoms with van der Waals surface area (Å²) in [7, 11) is -7.17. The van der Waals surface area contributed by atoms with Gasteiger partial charge in [0.2, 0.25) is 26.0 Å². The maximum atomic E-state index is 13.0. The fourth-order valence-corrected chi connectivity index (χ4v) is 8.50. The van der Waals surface area contributed by atoms with Gasteiger partial charge in [0.1, 0.15) is 12.4 Å². The highest BCUT2D eigenvalue weighted by atomic mass is 35.5. The molecule has 2 aliphatic rings. The molecule has 0 aliphatic carbocycles. The second-order valence-electron chi connectivity index (χ2n) is 9.76. The molecule has 0 spiro atoms. The number of carbonyl (C=O) groups excluding carboxylic acids is 1. The number of benzene rings is 2. The lowest BCUT2D eigenvalue weighted by Gasteiger charge is -2.31. The summed E-state index contributed by atoms with van der Waals surface area (Å²) in [5.74, 6) is -0.458. The van der Waals surface area contributed by atoms with E-state index >= 15 is 0 Å². The minimum absolute atomic E-state index is 0.104. The molecule has 9 nitrogen and oxygen atoms in total. The smallest absolute Gasteiger partial charge is 0.243 e. The van der Waals surface area contributed by atoms with E-state index in [0.29, 0.717) is 48.8 Å². The van der Waals surface area contributed by atoms with E-state index < -0.39 is 26.0 Å². The maximum absolute atomic E-state index is 13.0. The zero-order valence-corrected chi connectivity index (χ0v) is 24.7. The summed E-state index contributed by atoms with van der Waals surface area (Å²) in [5.41, 5.74) is 0.460. The molecule has 1 amide bonds. The molecule has 2 aromatic rings. The summed E-state index contributed by atoms with van der Waals surface area (Å²) < 4.78 is 60.1. The minimum atomic E-state index is -3.67. The fraction of sp³-hybridized carbons (Fsp3) is 0.500. The molecule has 2 saturated heterocycles. The number of carbonyl (C=O) groups is 1. The average molecular weight is 619 g/mol. The third kappa shape index (κ3) is 7.86. The van der Waals surface area contributed by atoms with Gasteiger partial charge in [-0.3, -0.25) is 4.79 Å². The number of nitrogens with zero attached hydrogens (tertiary/aromatic N) is 2. The van der Waals surface area contributed by atoms with Crippen molar-refractivity contribution in [1.82, 2.24) is 13.9 Å². The molecule has 0 aromatic heterocycles. The van der Waals surface area contributed by atoms with Crippen LogP contribution >= 0.6 is 23.2 Å². The van der Waals surface area contributed by atoms with Gasteiger partial charge in [0.05, 0.1) is 23.1 Å². The Morgan fingerprint density at radius 3 is 2.31 bits per heavy atom. The highest BCUT2D eigenvalue weighted by Crippen LogP contribution is 2.27. The molecular weight excluding hydrogens is 585 g/mol. The number of rotatable bonds is 10. The molecule has 1 atom stereocenters. The predicted molar refractivity (Wildman–Crippen MR) is 151 cm³/mol. The Hall–Kier alpha value is -1.89. The fourth-order valence-electron chi connectivity index (χ4n) is 4.79. The molecule has 13 heteroatoms. The number of amides is 1. The van der Waals surface area contributed by atoms with E-state index in [0.717, 1.165) is 19.3 Å². The van der Waals surface area contributed by atoms with Crippen molar-refractivity contribution in [1.29, 1.82) is 0 Å². The quantitative estimate of drug-likeness (QED) is 0.405. The van der Waals surface area contributed by atoms with Crippen LogP contribution < -0.4 is 10.1 Å². The molecular formula is C26H33Cl2N3O6S2. The number of piperidine rings is 2. The van der Waals surface area contributed by atoms with Crippen LogP contribution in [0.5, 0.6) is 5.75 Å². The highest BCUT2D eigenvalue weighted by molar-refractivity contribution is 7.89. The molecule has 2 aliphatic heterocycles. The first-order valence-electron chi connectivity index (χ1n) is 13.0. The first kappa shape index (κ1) is 30.1. The van der Waals surface area contributed by atoms with Crippen LogP contribution in [0, 0.1) is 5.92 Å². The van der Waals surface area contributed by atoms with Gasteiger partial charge in [0, 0.05) is 36.2 Å². The normalized spacial score (nSPS) is 19.5. The summed E-state index contributed by atoms with van der Waals surface area (Å²) in [6.07, 6.45) is 3.97. The van der Waals surface area contributed by atoms with Gasteiger partial charge >= 0.3 is 0 Å². The number of halogens is 2. The molecule has 0 unspecified atom stereocenters. The van der Waals surface area contributed by atoms with Gasteiger partial charge in [-0.1, -0.05) is 35.7 Å². The van der Waals surface area contributed by atoms with Crippen molar-refractivity contribution in [2.24, 2.45) is 5.92 Å². The molecule has 39 heavy (non-hydrogen) atoms. The lowest BCUT2D eigenvalue weighted by molar-refractivity contribution is -0.126. The standard InChI is InChI=1S/C26H33Cl2N3O6S2/c27-22-7-6-21(25(28)17-22)19-38(33,34)31-15-4-5-20(18-31)26(32)29-12-16-37-23-8-10-24(11-9-23)39(35,36)30-13-2-1-3-14-30/h6-11,17,20H,1-5,12-16,18-19H2,(H,29,32)/t20-/m0/s1. The SMILES string of the molecule is O=C(NCCOc1ccc(S(=O)(=O)N2CCCCC2)cc1)[C@H]1CCCN(S(=O)(=O)Cc2ccc(Cl)cc2Cl)C1. The third-order valence-corrected chi connectivity index (χ3v) is 11.2. The van der Waals surface area contributed by atoms with Crippen LogP contribution in [0.15, 0.2) is 47.4 Å². The molecule has 2 fully saturated rings. The summed E-state index contributed by atoms with van der Waals surface area (Å²) in [5, 5.41) is 3.53. The zero-order chi connectivity index (χ0) is 28.0. The van der Waals surface area contributed by atoms with Crippen molar-refractivity contribution in [3.63, 3.8) is 0 Å². The maximum Gasteiger partial charge on any atom is 0.243 e. The van der Waals surface area contributed by atoms with E-state index in [4.69, 9.17) is 27.9 Å². The highest BCUT2D eigenvalue weighted by Gasteiger charge is 2.32. The van der Waals surface area contributed by atoms with E-state index in [1.54, 1.807) is 24.3 Å². The topological polar surface area (TPSA) is 113 Å². The molecule has 214 valence electrons. The molecule has 0 bridgehead atoms. The van der Waals surface area contributed by atoms with Crippen molar-refractivity contribution in [3.8, 4) is 5.75 Å². The average Bonchev–Trinajstić information content (AvgIpc) is 2.93. The Bertz CT molecular complexity index is 1360. The van der Waals surface area contributed by atoms with E-state index in [1.807, 2.05) is 0 Å². The Morgan fingerprint density at radius 2 is 1.62 bits per heavy atom. The van der Waals surface area contributed by atoms with E-state index in [1.165, 1.54) is 26.8 Å². The lowest BCUT2D eigenvalue weighted by Crippen LogP contribution is -2.46. The van der Waals surface area contributed by atoms with Gasteiger partial charge in [-0.2, -0.15) is 4.31 Å². The largest absolute Gasteiger partial charge is 0.492 e. The van der Waals surface area contributed by atoms with Gasteiger partial charge in [-0.25, -0.2) is 21.1 Å². The van der Waals surface area contributed by atoms with Crippen molar-refractivity contribution >= 4 is 49.2 Å². The summed E-state index contributed by atoms with van der Waals surface area (Å²) in [4.78, 5) is 13.0. The van der Waals surface area contributed by atoms with Gasteiger partial charge in [0.25, 0.3) is 0 Å². The monoisotopic (exact) mass is 617 g/mol. The number of hydrogen-bond acceptors (Lipinski definition) is 6. The van der Waals surface area contributed by atoms with Crippen LogP contribution in [0.4, 0.5) is 0 Å². The third-order valence-electron chi connectivity index (χ3n) is 6.95. The van der Waals surface area contributed by atoms with Crippen molar-refractivity contribution < 1.29 is 26.4 Å². The van der Waals surface area contributed by atoms with Gasteiger partial charge in [0.15, 0.2) is 0 Å². The predicted octanol–water partition coefficient (Wildman–Crippen LogP) is 3.91. The van der Waals surface area contributed by atoms with E-state index in [2.05, 4.69) is 5.32 Å². The second kappa shape index (κ2) is 13.2.